The maximum atomic E-state index is 13.3. The Bertz CT molecular complexity index is 1130. The summed E-state index contributed by atoms with van der Waals surface area (Å²) < 4.78 is 27.8. The largest absolute Gasteiger partial charge is 0.279 e. The van der Waals surface area contributed by atoms with Gasteiger partial charge in [0.15, 0.2) is 0 Å². The fourth-order valence-electron chi connectivity index (χ4n) is 3.20. The fraction of sp³-hybridized carbons (Fsp3) is 0.0952. The number of hydrazone groups is 1. The first-order valence-electron chi connectivity index (χ1n) is 8.64. The van der Waals surface area contributed by atoms with E-state index < -0.39 is 16.1 Å². The predicted octanol–water partition coefficient (Wildman–Crippen LogP) is 5.53. The average molecular weight is 431 g/mol. The molecular weight excluding hydrogens is 415 g/mol. The molecule has 0 radical (unpaired) electrons. The molecule has 0 bridgehead atoms. The minimum Gasteiger partial charge on any atom is -0.200 e. The van der Waals surface area contributed by atoms with E-state index in [4.69, 9.17) is 23.2 Å². The van der Waals surface area contributed by atoms with Crippen molar-refractivity contribution in [2.45, 2.75) is 17.4 Å². The van der Waals surface area contributed by atoms with Crippen LogP contribution in [0.25, 0.3) is 0 Å². The highest BCUT2D eigenvalue weighted by molar-refractivity contribution is 7.89. The van der Waals surface area contributed by atoms with Gasteiger partial charge in [-0.1, -0.05) is 71.7 Å². The molecule has 3 aromatic carbocycles. The van der Waals surface area contributed by atoms with Gasteiger partial charge in [-0.3, -0.25) is 0 Å². The Hall–Kier alpha value is -2.34. The molecule has 0 aliphatic carbocycles. The molecule has 7 heteroatoms. The zero-order valence-electron chi connectivity index (χ0n) is 14.7. The molecular formula is C21H16Cl2N2O2S. The molecule has 142 valence electrons. The number of benzene rings is 3. The molecule has 4 nitrogen and oxygen atoms in total. The Morgan fingerprint density at radius 2 is 1.50 bits per heavy atom. The number of sulfonamides is 1. The standard InChI is InChI=1S/C21H16Cl2N2O2S/c22-16-12-10-15(11-13-16)20-14-21(18-8-4-5-9-19(18)23)25(24-20)28(26,27)17-6-2-1-3-7-17/h1-13,21H,14H2. The van der Waals surface area contributed by atoms with Gasteiger partial charge >= 0.3 is 0 Å². The molecule has 1 aliphatic rings. The highest BCUT2D eigenvalue weighted by atomic mass is 35.5. The minimum absolute atomic E-state index is 0.188. The summed E-state index contributed by atoms with van der Waals surface area (Å²) >= 11 is 12.4. The van der Waals surface area contributed by atoms with Gasteiger partial charge in [0.25, 0.3) is 10.0 Å². The molecule has 4 rings (SSSR count). The van der Waals surface area contributed by atoms with Gasteiger partial charge in [-0.05, 0) is 41.5 Å². The number of hydrogen-bond acceptors (Lipinski definition) is 3. The summed E-state index contributed by atoms with van der Waals surface area (Å²) in [4.78, 5) is 0.188. The van der Waals surface area contributed by atoms with Crippen molar-refractivity contribution < 1.29 is 8.42 Å². The molecule has 28 heavy (non-hydrogen) atoms. The highest BCUT2D eigenvalue weighted by Gasteiger charge is 2.38. The molecule has 1 unspecified atom stereocenters. The van der Waals surface area contributed by atoms with Crippen LogP contribution in [0.15, 0.2) is 88.9 Å². The fourth-order valence-corrected chi connectivity index (χ4v) is 5.04. The van der Waals surface area contributed by atoms with Crippen LogP contribution in [0.4, 0.5) is 0 Å². The van der Waals surface area contributed by atoms with Crippen LogP contribution in [-0.4, -0.2) is 18.5 Å². The Morgan fingerprint density at radius 1 is 0.857 bits per heavy atom. The van der Waals surface area contributed by atoms with Crippen LogP contribution in [0, 0.1) is 0 Å². The van der Waals surface area contributed by atoms with E-state index in [9.17, 15) is 8.42 Å². The molecule has 0 spiro atoms. The lowest BCUT2D eigenvalue weighted by atomic mass is 9.99. The van der Waals surface area contributed by atoms with E-state index in [1.807, 2.05) is 30.3 Å². The Kier molecular flexibility index (Phi) is 5.15. The van der Waals surface area contributed by atoms with Crippen LogP contribution in [0.3, 0.4) is 0 Å². The number of rotatable bonds is 4. The lowest BCUT2D eigenvalue weighted by molar-refractivity contribution is 0.371. The van der Waals surface area contributed by atoms with Gasteiger partial charge in [-0.15, -0.1) is 0 Å². The van der Waals surface area contributed by atoms with Crippen molar-refractivity contribution >= 4 is 38.9 Å². The zero-order chi connectivity index (χ0) is 19.7. The molecule has 1 heterocycles. The third-order valence-corrected chi connectivity index (χ3v) is 6.89. The molecule has 0 N–H and O–H groups in total. The summed E-state index contributed by atoms with van der Waals surface area (Å²) in [6.07, 6.45) is 0.414. The topological polar surface area (TPSA) is 49.7 Å². The van der Waals surface area contributed by atoms with Crippen LogP contribution in [0.5, 0.6) is 0 Å². The third kappa shape index (κ3) is 3.53. The van der Waals surface area contributed by atoms with E-state index in [0.717, 1.165) is 11.1 Å². The zero-order valence-corrected chi connectivity index (χ0v) is 17.0. The van der Waals surface area contributed by atoms with E-state index in [2.05, 4.69) is 5.10 Å². The van der Waals surface area contributed by atoms with Crippen molar-refractivity contribution in [3.05, 3.63) is 100 Å². The molecule has 0 aromatic heterocycles. The van der Waals surface area contributed by atoms with Crippen molar-refractivity contribution in [1.82, 2.24) is 4.41 Å². The van der Waals surface area contributed by atoms with Crippen molar-refractivity contribution in [3.63, 3.8) is 0 Å². The Labute approximate surface area is 174 Å². The maximum Gasteiger partial charge on any atom is 0.279 e. The summed E-state index contributed by atoms with van der Waals surface area (Å²) in [5.74, 6) is 0. The second-order valence-corrected chi connectivity index (χ2v) is 9.02. The smallest absolute Gasteiger partial charge is 0.200 e. The first-order valence-corrected chi connectivity index (χ1v) is 10.8. The summed E-state index contributed by atoms with van der Waals surface area (Å²) in [5.41, 5.74) is 2.21. The SMILES string of the molecule is O=S(=O)(c1ccccc1)N1N=C(c2ccc(Cl)cc2)CC1c1ccccc1Cl. The lowest BCUT2D eigenvalue weighted by Crippen LogP contribution is -2.27. The first-order chi connectivity index (χ1) is 13.5. The molecule has 0 saturated heterocycles. The van der Waals surface area contributed by atoms with Crippen molar-refractivity contribution in [1.29, 1.82) is 0 Å². The van der Waals surface area contributed by atoms with E-state index in [-0.39, 0.29) is 4.90 Å². The quantitative estimate of drug-likeness (QED) is 0.545. The lowest BCUT2D eigenvalue weighted by Gasteiger charge is -2.24. The van der Waals surface area contributed by atoms with Crippen molar-refractivity contribution in [3.8, 4) is 0 Å². The van der Waals surface area contributed by atoms with Gasteiger partial charge in [0.05, 0.1) is 16.6 Å². The molecule has 0 fully saturated rings. The van der Waals surface area contributed by atoms with E-state index in [0.29, 0.717) is 22.2 Å². The van der Waals surface area contributed by atoms with E-state index in [1.54, 1.807) is 48.5 Å². The van der Waals surface area contributed by atoms with Crippen LogP contribution in [0.1, 0.15) is 23.6 Å². The van der Waals surface area contributed by atoms with Crippen LogP contribution < -0.4 is 0 Å². The summed E-state index contributed by atoms with van der Waals surface area (Å²) in [7, 11) is -3.84. The normalized spacial score (nSPS) is 16.9. The summed E-state index contributed by atoms with van der Waals surface area (Å²) in [5, 5.41) is 5.61. The van der Waals surface area contributed by atoms with Gasteiger partial charge in [0.2, 0.25) is 0 Å². The maximum absolute atomic E-state index is 13.3. The van der Waals surface area contributed by atoms with Crippen molar-refractivity contribution in [2.75, 3.05) is 0 Å². The van der Waals surface area contributed by atoms with Gasteiger partial charge in [0.1, 0.15) is 0 Å². The Morgan fingerprint density at radius 3 is 2.18 bits per heavy atom. The van der Waals surface area contributed by atoms with Gasteiger partial charge in [-0.25, -0.2) is 0 Å². The second-order valence-electron chi connectivity index (χ2n) is 6.39. The highest BCUT2D eigenvalue weighted by Crippen LogP contribution is 2.39. The Balaban J connectivity index is 1.82. The predicted molar refractivity (Wildman–Crippen MR) is 112 cm³/mol. The summed E-state index contributed by atoms with van der Waals surface area (Å²) in [6, 6.07) is 22.2. The average Bonchev–Trinajstić information content (AvgIpc) is 3.15. The summed E-state index contributed by atoms with van der Waals surface area (Å²) in [6.45, 7) is 0. The van der Waals surface area contributed by atoms with E-state index >= 15 is 0 Å². The van der Waals surface area contributed by atoms with Gasteiger partial charge in [0, 0.05) is 16.5 Å². The minimum atomic E-state index is -3.84. The molecule has 1 aliphatic heterocycles. The third-order valence-electron chi connectivity index (χ3n) is 4.60. The van der Waals surface area contributed by atoms with Crippen molar-refractivity contribution in [2.24, 2.45) is 5.10 Å². The first kappa shape index (κ1) is 19.0. The number of nitrogens with zero attached hydrogens (tertiary/aromatic N) is 2. The molecule has 1 atom stereocenters. The second kappa shape index (κ2) is 7.59. The monoisotopic (exact) mass is 430 g/mol. The molecule has 3 aromatic rings. The van der Waals surface area contributed by atoms with Crippen LogP contribution in [-0.2, 0) is 10.0 Å². The molecule has 0 amide bonds. The van der Waals surface area contributed by atoms with Gasteiger partial charge in [-0.2, -0.15) is 17.9 Å². The van der Waals surface area contributed by atoms with Crippen LogP contribution >= 0.6 is 23.2 Å². The molecule has 0 saturated carbocycles. The van der Waals surface area contributed by atoms with Gasteiger partial charge < -0.3 is 0 Å². The van der Waals surface area contributed by atoms with Crippen LogP contribution in [0.2, 0.25) is 10.0 Å². The number of hydrogen-bond donors (Lipinski definition) is 0. The van der Waals surface area contributed by atoms with E-state index in [1.165, 1.54) is 4.41 Å². The number of halogens is 2.